The van der Waals surface area contributed by atoms with Crippen LogP contribution in [0.3, 0.4) is 0 Å². The molecule has 1 rings (SSSR count). The summed E-state index contributed by atoms with van der Waals surface area (Å²) >= 11 is 3.50. The quantitative estimate of drug-likeness (QED) is 0.845. The Morgan fingerprint density at radius 2 is 2.23 bits per heavy atom. The van der Waals surface area contributed by atoms with Crippen LogP contribution in [0.25, 0.3) is 0 Å². The maximum absolute atomic E-state index is 8.82. The first kappa shape index (κ1) is 11.0. The smallest absolute Gasteiger partial charge is 0.103 e. The maximum Gasteiger partial charge on any atom is 0.103 e. The van der Waals surface area contributed by atoms with Gasteiger partial charge < -0.3 is 5.11 Å². The van der Waals surface area contributed by atoms with Gasteiger partial charge in [0.05, 0.1) is 12.3 Å². The Kier molecular flexibility index (Phi) is 3.76. The van der Waals surface area contributed by atoms with Crippen molar-refractivity contribution in [3.05, 3.63) is 16.1 Å². The van der Waals surface area contributed by atoms with Crippen LogP contribution >= 0.6 is 23.1 Å². The van der Waals surface area contributed by atoms with E-state index in [0.717, 1.165) is 16.5 Å². The predicted molar refractivity (Wildman–Crippen MR) is 59.1 cm³/mol. The summed E-state index contributed by atoms with van der Waals surface area (Å²) in [6.07, 6.45) is 0. The van der Waals surface area contributed by atoms with E-state index in [2.05, 4.69) is 25.8 Å². The zero-order chi connectivity index (χ0) is 9.90. The molecule has 0 amide bonds. The molecule has 0 aliphatic rings. The zero-order valence-corrected chi connectivity index (χ0v) is 9.84. The second kappa shape index (κ2) is 4.44. The fourth-order valence-corrected chi connectivity index (χ4v) is 2.41. The Bertz CT molecular complexity index is 265. The maximum atomic E-state index is 8.82. The van der Waals surface area contributed by atoms with Crippen LogP contribution in [0.15, 0.2) is 5.38 Å². The number of thioether (sulfide) groups is 1. The van der Waals surface area contributed by atoms with E-state index < -0.39 is 0 Å². The molecular formula is C9H15NOS2. The molecule has 1 N–H and O–H groups in total. The standard InChI is InChI=1S/C9H15NOS2/c1-9(2,3)13-6-8-10-7(4-11)5-12-8/h5,11H,4,6H2,1-3H3. The minimum atomic E-state index is 0.0523. The van der Waals surface area contributed by atoms with Gasteiger partial charge in [0.15, 0.2) is 0 Å². The molecule has 0 saturated carbocycles. The average Bonchev–Trinajstić information content (AvgIpc) is 2.47. The largest absolute Gasteiger partial charge is 0.390 e. The van der Waals surface area contributed by atoms with Gasteiger partial charge in [-0.15, -0.1) is 23.1 Å². The van der Waals surface area contributed by atoms with Crippen LogP contribution in [-0.2, 0) is 12.4 Å². The fraction of sp³-hybridized carbons (Fsp3) is 0.667. The molecule has 1 aromatic rings. The lowest BCUT2D eigenvalue weighted by Crippen LogP contribution is -2.07. The van der Waals surface area contributed by atoms with Crippen molar-refractivity contribution in [2.24, 2.45) is 0 Å². The van der Waals surface area contributed by atoms with E-state index in [4.69, 9.17) is 5.11 Å². The second-order valence-electron chi connectivity index (χ2n) is 3.79. The third-order valence-electron chi connectivity index (χ3n) is 1.39. The highest BCUT2D eigenvalue weighted by atomic mass is 32.2. The molecule has 0 aliphatic carbocycles. The van der Waals surface area contributed by atoms with E-state index in [0.29, 0.717) is 0 Å². The molecule has 0 aromatic carbocycles. The lowest BCUT2D eigenvalue weighted by molar-refractivity contribution is 0.277. The number of aromatic nitrogens is 1. The molecule has 0 unspecified atom stereocenters. The zero-order valence-electron chi connectivity index (χ0n) is 8.20. The molecule has 2 nitrogen and oxygen atoms in total. The van der Waals surface area contributed by atoms with Crippen LogP contribution < -0.4 is 0 Å². The normalized spacial score (nSPS) is 12.0. The highest BCUT2D eigenvalue weighted by Crippen LogP contribution is 2.28. The monoisotopic (exact) mass is 217 g/mol. The van der Waals surface area contributed by atoms with Crippen LogP contribution in [0, 0.1) is 0 Å². The van der Waals surface area contributed by atoms with Gasteiger partial charge in [-0.1, -0.05) is 20.8 Å². The Balaban J connectivity index is 2.46. The molecule has 13 heavy (non-hydrogen) atoms. The molecule has 0 spiro atoms. The van der Waals surface area contributed by atoms with Crippen molar-refractivity contribution in [3.8, 4) is 0 Å². The van der Waals surface area contributed by atoms with Crippen LogP contribution in [0.4, 0.5) is 0 Å². The van der Waals surface area contributed by atoms with Gasteiger partial charge in [0.2, 0.25) is 0 Å². The van der Waals surface area contributed by atoms with Crippen molar-refractivity contribution < 1.29 is 5.11 Å². The Morgan fingerprint density at radius 1 is 1.54 bits per heavy atom. The number of nitrogens with zero attached hydrogens (tertiary/aromatic N) is 1. The molecule has 4 heteroatoms. The predicted octanol–water partition coefficient (Wildman–Crippen LogP) is 2.67. The van der Waals surface area contributed by atoms with Gasteiger partial charge in [-0.2, -0.15) is 0 Å². The molecule has 0 bridgehead atoms. The molecule has 0 aliphatic heterocycles. The van der Waals surface area contributed by atoms with E-state index in [1.807, 2.05) is 17.1 Å². The summed E-state index contributed by atoms with van der Waals surface area (Å²) in [5.74, 6) is 0.939. The molecule has 0 radical (unpaired) electrons. The number of hydrogen-bond donors (Lipinski definition) is 1. The van der Waals surface area contributed by atoms with Gasteiger partial charge in [-0.25, -0.2) is 4.98 Å². The number of rotatable bonds is 3. The lowest BCUT2D eigenvalue weighted by atomic mass is 10.3. The summed E-state index contributed by atoms with van der Waals surface area (Å²) in [6.45, 7) is 6.63. The molecule has 74 valence electrons. The van der Waals surface area contributed by atoms with Crippen molar-refractivity contribution in [3.63, 3.8) is 0 Å². The van der Waals surface area contributed by atoms with Gasteiger partial charge in [0, 0.05) is 15.9 Å². The van der Waals surface area contributed by atoms with Crippen LogP contribution in [-0.4, -0.2) is 14.8 Å². The van der Waals surface area contributed by atoms with Crippen LogP contribution in [0.2, 0.25) is 0 Å². The summed E-state index contributed by atoms with van der Waals surface area (Å²) in [6, 6.07) is 0. The summed E-state index contributed by atoms with van der Waals surface area (Å²) in [4.78, 5) is 4.28. The summed E-state index contributed by atoms with van der Waals surface area (Å²) in [5.41, 5.74) is 0.787. The van der Waals surface area contributed by atoms with Crippen molar-refractivity contribution in [2.45, 2.75) is 37.9 Å². The number of aliphatic hydroxyl groups is 1. The number of thiazole rings is 1. The Hall–Kier alpha value is -0.0600. The van der Waals surface area contributed by atoms with Gasteiger partial charge in [0.25, 0.3) is 0 Å². The first-order chi connectivity index (χ1) is 6.01. The van der Waals surface area contributed by atoms with Gasteiger partial charge in [0.1, 0.15) is 5.01 Å². The van der Waals surface area contributed by atoms with E-state index in [1.54, 1.807) is 11.3 Å². The minimum absolute atomic E-state index is 0.0523. The third kappa shape index (κ3) is 4.11. The molecule has 0 fully saturated rings. The fourth-order valence-electron chi connectivity index (χ4n) is 0.766. The van der Waals surface area contributed by atoms with Crippen molar-refractivity contribution in [1.82, 2.24) is 4.98 Å². The number of hydrogen-bond acceptors (Lipinski definition) is 4. The highest BCUT2D eigenvalue weighted by molar-refractivity contribution is 7.99. The van der Waals surface area contributed by atoms with Gasteiger partial charge in [-0.3, -0.25) is 0 Å². The van der Waals surface area contributed by atoms with E-state index in [1.165, 1.54) is 0 Å². The van der Waals surface area contributed by atoms with Crippen molar-refractivity contribution in [1.29, 1.82) is 0 Å². The molecule has 1 aromatic heterocycles. The van der Waals surface area contributed by atoms with E-state index >= 15 is 0 Å². The third-order valence-corrected chi connectivity index (χ3v) is 3.75. The summed E-state index contributed by atoms with van der Waals surface area (Å²) < 4.78 is 0.283. The van der Waals surface area contributed by atoms with E-state index in [-0.39, 0.29) is 11.4 Å². The van der Waals surface area contributed by atoms with Crippen molar-refractivity contribution in [2.75, 3.05) is 0 Å². The lowest BCUT2D eigenvalue weighted by Gasteiger charge is -2.15. The summed E-state index contributed by atoms with van der Waals surface area (Å²) in [7, 11) is 0. The second-order valence-corrected chi connectivity index (χ2v) is 6.54. The average molecular weight is 217 g/mol. The van der Waals surface area contributed by atoms with Crippen molar-refractivity contribution >= 4 is 23.1 Å². The molecular weight excluding hydrogens is 202 g/mol. The summed E-state index contributed by atoms with van der Waals surface area (Å²) in [5, 5.41) is 11.8. The Labute approximate surface area is 87.4 Å². The van der Waals surface area contributed by atoms with Gasteiger partial charge in [-0.05, 0) is 0 Å². The van der Waals surface area contributed by atoms with Gasteiger partial charge >= 0.3 is 0 Å². The first-order valence-electron chi connectivity index (χ1n) is 4.19. The minimum Gasteiger partial charge on any atom is -0.390 e. The number of aliphatic hydroxyl groups excluding tert-OH is 1. The Morgan fingerprint density at radius 3 is 2.69 bits per heavy atom. The van der Waals surface area contributed by atoms with Crippen LogP contribution in [0.1, 0.15) is 31.5 Å². The molecule has 0 saturated heterocycles. The highest BCUT2D eigenvalue weighted by Gasteiger charge is 2.11. The van der Waals surface area contributed by atoms with E-state index in [9.17, 15) is 0 Å². The molecule has 0 atom stereocenters. The van der Waals surface area contributed by atoms with Crippen LogP contribution in [0.5, 0.6) is 0 Å². The SMILES string of the molecule is CC(C)(C)SCc1nc(CO)cs1. The topological polar surface area (TPSA) is 33.1 Å². The molecule has 1 heterocycles. The first-order valence-corrected chi connectivity index (χ1v) is 6.06.